The number of anilines is 1. The number of hydrogen-bond donors (Lipinski definition) is 2. The van der Waals surface area contributed by atoms with Crippen LogP contribution < -0.4 is 5.32 Å². The molecule has 0 amide bonds. The molecule has 0 atom stereocenters. The van der Waals surface area contributed by atoms with Crippen molar-refractivity contribution < 1.29 is 9.90 Å². The number of carboxylic acid groups (broad SMARTS) is 1. The monoisotopic (exact) mass is 234 g/mol. The van der Waals surface area contributed by atoms with Crippen molar-refractivity contribution in [2.24, 2.45) is 0 Å². The molecule has 2 aromatic heterocycles. The Kier molecular flexibility index (Phi) is 2.71. The first-order chi connectivity index (χ1) is 8.10. The van der Waals surface area contributed by atoms with E-state index in [2.05, 4.69) is 15.4 Å². The summed E-state index contributed by atoms with van der Waals surface area (Å²) in [5.74, 6) is -0.981. The minimum atomic E-state index is -0.981. The predicted molar refractivity (Wildman–Crippen MR) is 64.4 cm³/mol. The second-order valence-electron chi connectivity index (χ2n) is 3.70. The molecular formula is C11H14N4O2. The van der Waals surface area contributed by atoms with Gasteiger partial charge in [-0.05, 0) is 13.8 Å². The van der Waals surface area contributed by atoms with Crippen LogP contribution in [0.25, 0.3) is 11.0 Å². The zero-order chi connectivity index (χ0) is 12.6. The molecule has 90 valence electrons. The molecule has 2 heterocycles. The van der Waals surface area contributed by atoms with Crippen molar-refractivity contribution in [2.45, 2.75) is 20.4 Å². The van der Waals surface area contributed by atoms with Crippen molar-refractivity contribution in [2.75, 3.05) is 12.4 Å². The largest absolute Gasteiger partial charge is 0.478 e. The average molecular weight is 234 g/mol. The van der Waals surface area contributed by atoms with Crippen LogP contribution in [0.15, 0.2) is 6.20 Å². The number of aromatic nitrogens is 3. The molecule has 0 aliphatic rings. The van der Waals surface area contributed by atoms with Gasteiger partial charge >= 0.3 is 5.97 Å². The van der Waals surface area contributed by atoms with E-state index in [0.29, 0.717) is 23.6 Å². The highest BCUT2D eigenvalue weighted by Crippen LogP contribution is 2.27. The van der Waals surface area contributed by atoms with E-state index in [-0.39, 0.29) is 5.56 Å². The number of nitrogens with zero attached hydrogens (tertiary/aromatic N) is 3. The van der Waals surface area contributed by atoms with Crippen LogP contribution in [0.5, 0.6) is 0 Å². The molecule has 2 N–H and O–H groups in total. The van der Waals surface area contributed by atoms with Crippen LogP contribution in [0.3, 0.4) is 0 Å². The summed E-state index contributed by atoms with van der Waals surface area (Å²) in [5, 5.41) is 17.0. The highest BCUT2D eigenvalue weighted by molar-refractivity contribution is 6.04. The summed E-state index contributed by atoms with van der Waals surface area (Å²) in [5.41, 5.74) is 1.97. The predicted octanol–water partition coefficient (Wildman–Crippen LogP) is 1.50. The van der Waals surface area contributed by atoms with E-state index in [4.69, 9.17) is 0 Å². The van der Waals surface area contributed by atoms with Gasteiger partial charge in [-0.3, -0.25) is 0 Å². The van der Waals surface area contributed by atoms with Gasteiger partial charge in [0.25, 0.3) is 0 Å². The van der Waals surface area contributed by atoms with Gasteiger partial charge < -0.3 is 10.4 Å². The highest BCUT2D eigenvalue weighted by Gasteiger charge is 2.19. The van der Waals surface area contributed by atoms with Crippen LogP contribution in [0.4, 0.5) is 5.69 Å². The molecule has 6 heteroatoms. The van der Waals surface area contributed by atoms with E-state index in [0.717, 1.165) is 5.39 Å². The number of aryl methyl sites for hydroxylation is 2. The van der Waals surface area contributed by atoms with Crippen molar-refractivity contribution in [3.8, 4) is 0 Å². The van der Waals surface area contributed by atoms with Crippen LogP contribution in [-0.2, 0) is 6.54 Å². The Bertz CT molecular complexity index is 589. The summed E-state index contributed by atoms with van der Waals surface area (Å²) in [6.07, 6.45) is 1.64. The van der Waals surface area contributed by atoms with E-state index in [1.807, 2.05) is 6.92 Å². The van der Waals surface area contributed by atoms with Crippen LogP contribution in [0, 0.1) is 6.92 Å². The first kappa shape index (κ1) is 11.4. The highest BCUT2D eigenvalue weighted by atomic mass is 16.4. The molecule has 2 rings (SSSR count). The molecule has 17 heavy (non-hydrogen) atoms. The number of carbonyl (C=O) groups is 1. The maximum absolute atomic E-state index is 11.2. The van der Waals surface area contributed by atoms with E-state index >= 15 is 0 Å². The SMILES string of the molecule is CCn1ncc2c(NC)c(C(=O)O)c(C)nc21. The third kappa shape index (κ3) is 1.61. The lowest BCUT2D eigenvalue weighted by Gasteiger charge is -2.09. The summed E-state index contributed by atoms with van der Waals surface area (Å²) in [6.45, 7) is 4.36. The zero-order valence-corrected chi connectivity index (χ0v) is 9.98. The second kappa shape index (κ2) is 4.04. The number of aromatic carboxylic acids is 1. The number of fused-ring (bicyclic) bond motifs is 1. The van der Waals surface area contributed by atoms with Crippen LogP contribution in [-0.4, -0.2) is 32.9 Å². The number of nitrogens with one attached hydrogen (secondary N) is 1. The summed E-state index contributed by atoms with van der Waals surface area (Å²) in [7, 11) is 1.70. The molecule has 6 nitrogen and oxygen atoms in total. The van der Waals surface area contributed by atoms with E-state index < -0.39 is 5.97 Å². The fourth-order valence-electron chi connectivity index (χ4n) is 1.96. The first-order valence-electron chi connectivity index (χ1n) is 5.37. The molecule has 0 radical (unpaired) electrons. The Morgan fingerprint density at radius 1 is 1.59 bits per heavy atom. The molecule has 0 aliphatic heterocycles. The normalized spacial score (nSPS) is 10.8. The summed E-state index contributed by atoms with van der Waals surface area (Å²) in [4.78, 5) is 15.5. The van der Waals surface area contributed by atoms with Gasteiger partial charge in [-0.2, -0.15) is 5.10 Å². The van der Waals surface area contributed by atoms with Gasteiger partial charge in [0, 0.05) is 13.6 Å². The van der Waals surface area contributed by atoms with Crippen LogP contribution >= 0.6 is 0 Å². The van der Waals surface area contributed by atoms with Crippen molar-refractivity contribution in [3.63, 3.8) is 0 Å². The molecule has 0 spiro atoms. The van der Waals surface area contributed by atoms with E-state index in [1.54, 1.807) is 24.9 Å². The summed E-state index contributed by atoms with van der Waals surface area (Å²) >= 11 is 0. The third-order valence-electron chi connectivity index (χ3n) is 2.73. The maximum atomic E-state index is 11.2. The quantitative estimate of drug-likeness (QED) is 0.841. The fourth-order valence-corrected chi connectivity index (χ4v) is 1.96. The Hall–Kier alpha value is -2.11. The summed E-state index contributed by atoms with van der Waals surface area (Å²) < 4.78 is 1.74. The zero-order valence-electron chi connectivity index (χ0n) is 9.98. The van der Waals surface area contributed by atoms with E-state index in [1.165, 1.54) is 0 Å². The topological polar surface area (TPSA) is 80.0 Å². The third-order valence-corrected chi connectivity index (χ3v) is 2.73. The van der Waals surface area contributed by atoms with Gasteiger partial charge in [-0.25, -0.2) is 14.5 Å². The minimum absolute atomic E-state index is 0.204. The average Bonchev–Trinajstić information content (AvgIpc) is 2.69. The molecule has 0 aromatic carbocycles. The maximum Gasteiger partial charge on any atom is 0.339 e. The van der Waals surface area contributed by atoms with Gasteiger partial charge in [0.15, 0.2) is 5.65 Å². The van der Waals surface area contributed by atoms with Crippen LogP contribution in [0.1, 0.15) is 23.0 Å². The van der Waals surface area contributed by atoms with Crippen LogP contribution in [0.2, 0.25) is 0 Å². The molecule has 2 aromatic rings. The second-order valence-corrected chi connectivity index (χ2v) is 3.70. The van der Waals surface area contributed by atoms with Gasteiger partial charge in [0.2, 0.25) is 0 Å². The molecule has 0 aliphatic carbocycles. The standard InChI is InChI=1S/C11H14N4O2/c1-4-15-10-7(5-13-15)9(12-3)8(11(16)17)6(2)14-10/h5H,4H2,1-3H3,(H,12,14)(H,16,17). The van der Waals surface area contributed by atoms with Gasteiger partial charge in [-0.15, -0.1) is 0 Å². The van der Waals surface area contributed by atoms with Crippen molar-refractivity contribution in [1.82, 2.24) is 14.8 Å². The van der Waals surface area contributed by atoms with Crippen molar-refractivity contribution >= 4 is 22.7 Å². The molecule has 0 saturated heterocycles. The molecule has 0 saturated carbocycles. The summed E-state index contributed by atoms with van der Waals surface area (Å²) in [6, 6.07) is 0. The van der Waals surface area contributed by atoms with Gasteiger partial charge in [0.1, 0.15) is 5.56 Å². The molecule has 0 bridgehead atoms. The minimum Gasteiger partial charge on any atom is -0.478 e. The number of hydrogen-bond acceptors (Lipinski definition) is 4. The lowest BCUT2D eigenvalue weighted by Crippen LogP contribution is -2.08. The Balaban J connectivity index is 2.86. The van der Waals surface area contributed by atoms with Gasteiger partial charge in [0.05, 0.1) is 23.0 Å². The Morgan fingerprint density at radius 2 is 2.29 bits per heavy atom. The molecule has 0 unspecified atom stereocenters. The molecular weight excluding hydrogens is 220 g/mol. The lowest BCUT2D eigenvalue weighted by molar-refractivity contribution is 0.0697. The first-order valence-corrected chi connectivity index (χ1v) is 5.37. The van der Waals surface area contributed by atoms with Crippen molar-refractivity contribution in [1.29, 1.82) is 0 Å². The smallest absolute Gasteiger partial charge is 0.339 e. The molecule has 0 fully saturated rings. The Labute approximate surface area is 98.3 Å². The van der Waals surface area contributed by atoms with Gasteiger partial charge in [-0.1, -0.05) is 0 Å². The number of rotatable bonds is 3. The fraction of sp³-hybridized carbons (Fsp3) is 0.364. The number of pyridine rings is 1. The number of carboxylic acids is 1. The van der Waals surface area contributed by atoms with Crippen molar-refractivity contribution in [3.05, 3.63) is 17.5 Å². The lowest BCUT2D eigenvalue weighted by atomic mass is 10.1. The Morgan fingerprint density at radius 3 is 2.82 bits per heavy atom. The van der Waals surface area contributed by atoms with E-state index in [9.17, 15) is 9.90 Å².